The summed E-state index contributed by atoms with van der Waals surface area (Å²) in [6.45, 7) is 6.03. The first-order valence-corrected chi connectivity index (χ1v) is 6.88. The van der Waals surface area contributed by atoms with Gasteiger partial charge in [-0.05, 0) is 36.6 Å². The highest BCUT2D eigenvalue weighted by Crippen LogP contribution is 2.30. The van der Waals surface area contributed by atoms with Crippen LogP contribution in [-0.2, 0) is 11.0 Å². The number of halogens is 3. The number of hydrogen-bond donors (Lipinski definition) is 2. The van der Waals surface area contributed by atoms with E-state index in [0.29, 0.717) is 24.6 Å². The number of hydrogen-bond acceptors (Lipinski definition) is 2. The maximum absolute atomic E-state index is 12.5. The van der Waals surface area contributed by atoms with E-state index in [0.717, 1.165) is 12.1 Å². The molecule has 1 aromatic rings. The number of benzene rings is 1. The van der Waals surface area contributed by atoms with Crippen LogP contribution in [0.4, 0.5) is 18.9 Å². The molecule has 0 spiro atoms. The van der Waals surface area contributed by atoms with Gasteiger partial charge in [-0.2, -0.15) is 13.2 Å². The second kappa shape index (κ2) is 7.33. The largest absolute Gasteiger partial charge is 0.416 e. The van der Waals surface area contributed by atoms with E-state index in [9.17, 15) is 18.0 Å². The Kier molecular flexibility index (Phi) is 6.05. The summed E-state index contributed by atoms with van der Waals surface area (Å²) in [5, 5.41) is 5.93. The minimum Gasteiger partial charge on any atom is -0.382 e. The van der Waals surface area contributed by atoms with Gasteiger partial charge >= 0.3 is 6.18 Å². The first-order chi connectivity index (χ1) is 9.70. The van der Waals surface area contributed by atoms with E-state index in [-0.39, 0.29) is 11.9 Å². The molecule has 118 valence electrons. The zero-order valence-electron chi connectivity index (χ0n) is 12.4. The smallest absolute Gasteiger partial charge is 0.382 e. The number of anilines is 1. The van der Waals surface area contributed by atoms with Crippen molar-refractivity contribution in [2.24, 2.45) is 5.92 Å². The number of nitrogens with one attached hydrogen (secondary N) is 2. The van der Waals surface area contributed by atoms with Gasteiger partial charge in [0.05, 0.1) is 5.56 Å². The number of carbonyl (C=O) groups is 1. The summed E-state index contributed by atoms with van der Waals surface area (Å²) in [7, 11) is 0. The summed E-state index contributed by atoms with van der Waals surface area (Å²) in [4.78, 5) is 10.8. The van der Waals surface area contributed by atoms with Crippen LogP contribution >= 0.6 is 0 Å². The zero-order chi connectivity index (χ0) is 16.0. The minimum atomic E-state index is -4.32. The van der Waals surface area contributed by atoms with Crippen LogP contribution in [0.3, 0.4) is 0 Å². The SMILES string of the molecule is CC(=O)NCC[C@H](Nc1ccc(C(F)(F)F)cc1)C(C)C. The molecule has 0 radical (unpaired) electrons. The Balaban J connectivity index is 2.64. The molecule has 1 atom stereocenters. The first kappa shape index (κ1) is 17.3. The lowest BCUT2D eigenvalue weighted by Gasteiger charge is -2.24. The van der Waals surface area contributed by atoms with Crippen molar-refractivity contribution in [3.05, 3.63) is 29.8 Å². The lowest BCUT2D eigenvalue weighted by molar-refractivity contribution is -0.137. The van der Waals surface area contributed by atoms with Crippen LogP contribution in [0.15, 0.2) is 24.3 Å². The molecule has 1 aromatic carbocycles. The van der Waals surface area contributed by atoms with Gasteiger partial charge in [0.1, 0.15) is 0 Å². The average Bonchev–Trinajstić information content (AvgIpc) is 2.36. The van der Waals surface area contributed by atoms with Crippen molar-refractivity contribution in [3.63, 3.8) is 0 Å². The summed E-state index contributed by atoms with van der Waals surface area (Å²) in [5.41, 5.74) is -0.0167. The Morgan fingerprint density at radius 2 is 1.76 bits per heavy atom. The maximum atomic E-state index is 12.5. The molecule has 0 saturated carbocycles. The Labute approximate surface area is 122 Å². The van der Waals surface area contributed by atoms with Crippen LogP contribution in [0.5, 0.6) is 0 Å². The molecule has 1 rings (SSSR count). The van der Waals surface area contributed by atoms with Crippen LogP contribution in [0, 0.1) is 5.92 Å². The van der Waals surface area contributed by atoms with Gasteiger partial charge in [-0.25, -0.2) is 0 Å². The molecule has 0 aliphatic heterocycles. The Hall–Kier alpha value is -1.72. The van der Waals surface area contributed by atoms with Gasteiger partial charge < -0.3 is 10.6 Å². The van der Waals surface area contributed by atoms with Gasteiger partial charge in [0.15, 0.2) is 0 Å². The lowest BCUT2D eigenvalue weighted by Crippen LogP contribution is -2.31. The van der Waals surface area contributed by atoms with E-state index < -0.39 is 11.7 Å². The molecule has 0 aliphatic carbocycles. The molecule has 0 bridgehead atoms. The van der Waals surface area contributed by atoms with Gasteiger partial charge in [-0.3, -0.25) is 4.79 Å². The van der Waals surface area contributed by atoms with Crippen molar-refractivity contribution >= 4 is 11.6 Å². The Bertz CT molecular complexity index is 455. The monoisotopic (exact) mass is 302 g/mol. The first-order valence-electron chi connectivity index (χ1n) is 6.88. The highest BCUT2D eigenvalue weighted by molar-refractivity contribution is 5.72. The molecule has 0 fully saturated rings. The molecule has 21 heavy (non-hydrogen) atoms. The number of amides is 1. The second-order valence-corrected chi connectivity index (χ2v) is 5.34. The van der Waals surface area contributed by atoms with Crippen molar-refractivity contribution in [2.75, 3.05) is 11.9 Å². The molecule has 6 heteroatoms. The van der Waals surface area contributed by atoms with Crippen molar-refractivity contribution in [1.29, 1.82) is 0 Å². The van der Waals surface area contributed by atoms with Crippen molar-refractivity contribution in [2.45, 2.75) is 39.4 Å². The van der Waals surface area contributed by atoms with Crippen molar-refractivity contribution in [1.82, 2.24) is 5.32 Å². The number of alkyl halides is 3. The summed E-state index contributed by atoms with van der Waals surface area (Å²) >= 11 is 0. The number of carbonyl (C=O) groups excluding carboxylic acids is 1. The molecule has 1 amide bonds. The minimum absolute atomic E-state index is 0.0774. The standard InChI is InChI=1S/C15H21F3N2O/c1-10(2)14(8-9-19-11(3)21)20-13-6-4-12(5-7-13)15(16,17)18/h4-7,10,14,20H,8-9H2,1-3H3,(H,19,21)/t14-/m0/s1. The van der Waals surface area contributed by atoms with Crippen LogP contribution in [0.25, 0.3) is 0 Å². The number of rotatable bonds is 6. The van der Waals surface area contributed by atoms with Gasteiger partial charge in [-0.15, -0.1) is 0 Å². The predicted octanol–water partition coefficient (Wildman–Crippen LogP) is 3.67. The lowest BCUT2D eigenvalue weighted by atomic mass is 10.0. The van der Waals surface area contributed by atoms with Crippen molar-refractivity contribution in [3.8, 4) is 0 Å². The third-order valence-corrected chi connectivity index (χ3v) is 3.20. The summed E-state index contributed by atoms with van der Waals surface area (Å²) in [6.07, 6.45) is -3.61. The molecule has 0 unspecified atom stereocenters. The van der Waals surface area contributed by atoms with E-state index in [2.05, 4.69) is 10.6 Å². The quantitative estimate of drug-likeness (QED) is 0.842. The molecule has 2 N–H and O–H groups in total. The highest BCUT2D eigenvalue weighted by Gasteiger charge is 2.30. The van der Waals surface area contributed by atoms with Gasteiger partial charge in [-0.1, -0.05) is 13.8 Å². The molecule has 0 aliphatic rings. The summed E-state index contributed by atoms with van der Waals surface area (Å²) < 4.78 is 37.5. The van der Waals surface area contributed by atoms with Crippen LogP contribution in [0.1, 0.15) is 32.8 Å². The maximum Gasteiger partial charge on any atom is 0.416 e. The molecular weight excluding hydrogens is 281 g/mol. The van der Waals surface area contributed by atoms with Crippen LogP contribution in [-0.4, -0.2) is 18.5 Å². The van der Waals surface area contributed by atoms with Gasteiger partial charge in [0.25, 0.3) is 0 Å². The molecule has 3 nitrogen and oxygen atoms in total. The summed E-state index contributed by atoms with van der Waals surface area (Å²) in [5.74, 6) is 0.202. The van der Waals surface area contributed by atoms with Gasteiger partial charge in [0, 0.05) is 25.2 Å². The van der Waals surface area contributed by atoms with E-state index in [1.54, 1.807) is 0 Å². The van der Waals surface area contributed by atoms with E-state index in [1.165, 1.54) is 19.1 Å². The molecule has 0 aromatic heterocycles. The Morgan fingerprint density at radius 3 is 2.19 bits per heavy atom. The summed E-state index contributed by atoms with van der Waals surface area (Å²) in [6, 6.07) is 5.06. The Morgan fingerprint density at radius 1 is 1.19 bits per heavy atom. The fourth-order valence-electron chi connectivity index (χ4n) is 1.95. The molecular formula is C15H21F3N2O. The van der Waals surface area contributed by atoms with Crippen LogP contribution in [0.2, 0.25) is 0 Å². The second-order valence-electron chi connectivity index (χ2n) is 5.34. The molecule has 0 heterocycles. The highest BCUT2D eigenvalue weighted by atomic mass is 19.4. The normalized spacial score (nSPS) is 13.1. The third kappa shape index (κ3) is 6.06. The van der Waals surface area contributed by atoms with E-state index in [1.807, 2.05) is 13.8 Å². The van der Waals surface area contributed by atoms with E-state index in [4.69, 9.17) is 0 Å². The average molecular weight is 302 g/mol. The van der Waals surface area contributed by atoms with Crippen molar-refractivity contribution < 1.29 is 18.0 Å². The third-order valence-electron chi connectivity index (χ3n) is 3.20. The van der Waals surface area contributed by atoms with Crippen LogP contribution < -0.4 is 10.6 Å². The fraction of sp³-hybridized carbons (Fsp3) is 0.533. The molecule has 0 saturated heterocycles. The fourth-order valence-corrected chi connectivity index (χ4v) is 1.95. The zero-order valence-corrected chi connectivity index (χ0v) is 12.4. The topological polar surface area (TPSA) is 41.1 Å². The predicted molar refractivity (Wildman–Crippen MR) is 77.0 cm³/mol. The van der Waals surface area contributed by atoms with E-state index >= 15 is 0 Å². The van der Waals surface area contributed by atoms with Gasteiger partial charge in [0.2, 0.25) is 5.91 Å².